The lowest BCUT2D eigenvalue weighted by molar-refractivity contribution is 0.0848. The Kier molecular flexibility index (Phi) is 2.28. The van der Waals surface area contributed by atoms with Gasteiger partial charge in [-0.3, -0.25) is 0 Å². The van der Waals surface area contributed by atoms with Crippen LogP contribution in [0.25, 0.3) is 0 Å². The smallest absolute Gasteiger partial charge is 0.158 e. The van der Waals surface area contributed by atoms with Gasteiger partial charge in [0.15, 0.2) is 6.10 Å². The zero-order valence-electron chi connectivity index (χ0n) is 8.87. The van der Waals surface area contributed by atoms with Crippen molar-refractivity contribution >= 4 is 5.71 Å². The van der Waals surface area contributed by atoms with Gasteiger partial charge in [-0.05, 0) is 31.9 Å². The molecule has 2 heteroatoms. The molecule has 1 aromatic rings. The molecule has 74 valence electrons. The Bertz CT molecular complexity index is 362. The SMILES string of the molecule is CC1=NOC(c2c(C)cccc2C)C1. The Balaban J connectivity index is 2.33. The van der Waals surface area contributed by atoms with Crippen molar-refractivity contribution in [1.29, 1.82) is 0 Å². The molecule has 0 N–H and O–H groups in total. The number of oxime groups is 1. The van der Waals surface area contributed by atoms with Crippen molar-refractivity contribution < 1.29 is 4.84 Å². The lowest BCUT2D eigenvalue weighted by atomic mass is 9.95. The van der Waals surface area contributed by atoms with Crippen LogP contribution in [0.3, 0.4) is 0 Å². The van der Waals surface area contributed by atoms with Crippen molar-refractivity contribution in [3.8, 4) is 0 Å². The molecule has 1 heterocycles. The molecule has 1 aliphatic rings. The first-order valence-corrected chi connectivity index (χ1v) is 4.94. The molecule has 0 saturated heterocycles. The zero-order valence-corrected chi connectivity index (χ0v) is 8.87. The Morgan fingerprint density at radius 1 is 1.21 bits per heavy atom. The van der Waals surface area contributed by atoms with Crippen LogP contribution in [-0.2, 0) is 4.84 Å². The summed E-state index contributed by atoms with van der Waals surface area (Å²) in [7, 11) is 0. The van der Waals surface area contributed by atoms with Gasteiger partial charge in [-0.15, -0.1) is 0 Å². The minimum Gasteiger partial charge on any atom is -0.387 e. The molecule has 0 spiro atoms. The molecular weight excluding hydrogens is 174 g/mol. The van der Waals surface area contributed by atoms with Crippen molar-refractivity contribution in [2.45, 2.75) is 33.3 Å². The topological polar surface area (TPSA) is 21.6 Å². The molecule has 0 radical (unpaired) electrons. The monoisotopic (exact) mass is 189 g/mol. The van der Waals surface area contributed by atoms with Gasteiger partial charge in [0, 0.05) is 12.0 Å². The summed E-state index contributed by atoms with van der Waals surface area (Å²) >= 11 is 0. The molecule has 0 bridgehead atoms. The minimum atomic E-state index is 0.135. The fourth-order valence-corrected chi connectivity index (χ4v) is 1.99. The first kappa shape index (κ1) is 9.25. The van der Waals surface area contributed by atoms with Gasteiger partial charge in [0.1, 0.15) is 0 Å². The number of rotatable bonds is 1. The third-order valence-electron chi connectivity index (χ3n) is 2.68. The summed E-state index contributed by atoms with van der Waals surface area (Å²) in [5.74, 6) is 0. The molecule has 2 rings (SSSR count). The summed E-state index contributed by atoms with van der Waals surface area (Å²) in [5, 5.41) is 3.99. The standard InChI is InChI=1S/C12H15NO/c1-8-5-4-6-9(2)12(8)11-7-10(3)13-14-11/h4-6,11H,7H2,1-3H3. The van der Waals surface area contributed by atoms with E-state index in [0.717, 1.165) is 12.1 Å². The molecular formula is C12H15NO. The van der Waals surface area contributed by atoms with Crippen molar-refractivity contribution in [3.63, 3.8) is 0 Å². The third-order valence-corrected chi connectivity index (χ3v) is 2.68. The van der Waals surface area contributed by atoms with Gasteiger partial charge in [0.25, 0.3) is 0 Å². The van der Waals surface area contributed by atoms with E-state index >= 15 is 0 Å². The summed E-state index contributed by atoms with van der Waals surface area (Å²) in [6.45, 7) is 6.26. The lowest BCUT2D eigenvalue weighted by Gasteiger charge is -2.14. The lowest BCUT2D eigenvalue weighted by Crippen LogP contribution is -2.02. The average Bonchev–Trinajstić information content (AvgIpc) is 2.51. The number of aryl methyl sites for hydroxylation is 2. The van der Waals surface area contributed by atoms with E-state index in [4.69, 9.17) is 4.84 Å². The summed E-state index contributed by atoms with van der Waals surface area (Å²) in [6, 6.07) is 6.33. The average molecular weight is 189 g/mol. The number of hydrogen-bond donors (Lipinski definition) is 0. The predicted octanol–water partition coefficient (Wildman–Crippen LogP) is 3.14. The van der Waals surface area contributed by atoms with Crippen molar-refractivity contribution in [1.82, 2.24) is 0 Å². The largest absolute Gasteiger partial charge is 0.387 e. The third kappa shape index (κ3) is 1.52. The van der Waals surface area contributed by atoms with Crippen molar-refractivity contribution in [2.24, 2.45) is 5.16 Å². The predicted molar refractivity (Wildman–Crippen MR) is 57.5 cm³/mol. The maximum atomic E-state index is 5.40. The summed E-state index contributed by atoms with van der Waals surface area (Å²) < 4.78 is 0. The Morgan fingerprint density at radius 2 is 1.86 bits per heavy atom. The van der Waals surface area contributed by atoms with E-state index in [9.17, 15) is 0 Å². The highest BCUT2D eigenvalue weighted by molar-refractivity contribution is 5.83. The first-order valence-electron chi connectivity index (χ1n) is 4.94. The van der Waals surface area contributed by atoms with Gasteiger partial charge in [0.2, 0.25) is 0 Å². The molecule has 1 atom stereocenters. The minimum absolute atomic E-state index is 0.135. The Hall–Kier alpha value is -1.31. The Morgan fingerprint density at radius 3 is 2.36 bits per heavy atom. The number of benzene rings is 1. The fourth-order valence-electron chi connectivity index (χ4n) is 1.99. The summed E-state index contributed by atoms with van der Waals surface area (Å²) in [6.07, 6.45) is 1.06. The van der Waals surface area contributed by atoms with Gasteiger partial charge in [0.05, 0.1) is 5.71 Å². The van der Waals surface area contributed by atoms with E-state index in [-0.39, 0.29) is 6.10 Å². The molecule has 0 saturated carbocycles. The number of hydrogen-bond acceptors (Lipinski definition) is 2. The molecule has 2 nitrogen and oxygen atoms in total. The van der Waals surface area contributed by atoms with E-state index < -0.39 is 0 Å². The van der Waals surface area contributed by atoms with Crippen LogP contribution in [0.15, 0.2) is 23.4 Å². The molecule has 1 aliphatic heterocycles. The molecule has 1 unspecified atom stereocenters. The molecule has 1 aromatic carbocycles. The van der Waals surface area contributed by atoms with Crippen LogP contribution in [0.4, 0.5) is 0 Å². The quantitative estimate of drug-likeness (QED) is 0.665. The number of nitrogens with zero attached hydrogens (tertiary/aromatic N) is 1. The maximum absolute atomic E-state index is 5.40. The van der Waals surface area contributed by atoms with Crippen molar-refractivity contribution in [3.05, 3.63) is 34.9 Å². The van der Waals surface area contributed by atoms with E-state index in [1.165, 1.54) is 16.7 Å². The van der Waals surface area contributed by atoms with E-state index in [1.807, 2.05) is 6.92 Å². The normalized spacial score (nSPS) is 20.5. The van der Waals surface area contributed by atoms with Crippen LogP contribution >= 0.6 is 0 Å². The highest BCUT2D eigenvalue weighted by atomic mass is 16.6. The van der Waals surface area contributed by atoms with Gasteiger partial charge in [-0.2, -0.15) is 0 Å². The highest BCUT2D eigenvalue weighted by Gasteiger charge is 2.22. The second-order valence-electron chi connectivity index (χ2n) is 3.93. The van der Waals surface area contributed by atoms with Gasteiger partial charge in [-0.25, -0.2) is 0 Å². The van der Waals surface area contributed by atoms with Gasteiger partial charge >= 0.3 is 0 Å². The van der Waals surface area contributed by atoms with Crippen LogP contribution < -0.4 is 0 Å². The van der Waals surface area contributed by atoms with E-state index in [1.54, 1.807) is 0 Å². The molecule has 14 heavy (non-hydrogen) atoms. The molecule has 0 aromatic heterocycles. The summed E-state index contributed by atoms with van der Waals surface area (Å²) in [5.41, 5.74) is 4.96. The van der Waals surface area contributed by atoms with Crippen LogP contribution in [0.5, 0.6) is 0 Å². The molecule has 0 fully saturated rings. The van der Waals surface area contributed by atoms with Gasteiger partial charge in [-0.1, -0.05) is 23.4 Å². The molecule has 0 aliphatic carbocycles. The van der Waals surface area contributed by atoms with Crippen molar-refractivity contribution in [2.75, 3.05) is 0 Å². The van der Waals surface area contributed by atoms with Crippen LogP contribution in [0.1, 0.15) is 36.1 Å². The highest BCUT2D eigenvalue weighted by Crippen LogP contribution is 2.31. The van der Waals surface area contributed by atoms with Crippen LogP contribution in [0, 0.1) is 13.8 Å². The fraction of sp³-hybridized carbons (Fsp3) is 0.417. The van der Waals surface area contributed by atoms with Crippen LogP contribution in [-0.4, -0.2) is 5.71 Å². The summed E-state index contributed by atoms with van der Waals surface area (Å²) in [4.78, 5) is 5.40. The van der Waals surface area contributed by atoms with Gasteiger partial charge < -0.3 is 4.84 Å². The van der Waals surface area contributed by atoms with E-state index in [2.05, 4.69) is 37.2 Å². The van der Waals surface area contributed by atoms with Crippen LogP contribution in [0.2, 0.25) is 0 Å². The van der Waals surface area contributed by atoms with E-state index in [0.29, 0.717) is 0 Å². The second-order valence-corrected chi connectivity index (χ2v) is 3.93. The first-order chi connectivity index (χ1) is 6.68. The second kappa shape index (κ2) is 3.45. The molecule has 0 amide bonds. The Labute approximate surface area is 84.6 Å². The zero-order chi connectivity index (χ0) is 10.1. The maximum Gasteiger partial charge on any atom is 0.158 e.